The molecule has 1 aromatic carbocycles. The van der Waals surface area contributed by atoms with E-state index in [0.717, 1.165) is 19.1 Å². The number of nitrogens with zero attached hydrogens (tertiary/aromatic N) is 2. The number of alkyl halides is 3. The van der Waals surface area contributed by atoms with Gasteiger partial charge < -0.3 is 20.0 Å². The topological polar surface area (TPSA) is 98.2 Å². The van der Waals surface area contributed by atoms with Crippen molar-refractivity contribution in [2.45, 2.75) is 38.4 Å². The van der Waals surface area contributed by atoms with Crippen molar-refractivity contribution < 1.29 is 37.8 Å². The first-order valence-electron chi connectivity index (χ1n) is 9.34. The molecular weight excluding hydrogens is 405 g/mol. The Morgan fingerprint density at radius 3 is 2.03 bits per heavy atom. The Morgan fingerprint density at radius 2 is 1.60 bits per heavy atom. The lowest BCUT2D eigenvalue weighted by Crippen LogP contribution is -2.43. The third-order valence-corrected chi connectivity index (χ3v) is 4.79. The molecule has 1 aliphatic heterocycles. The van der Waals surface area contributed by atoms with E-state index in [1.165, 1.54) is 17.0 Å². The number of carboxylic acids is 2. The summed E-state index contributed by atoms with van der Waals surface area (Å²) in [6, 6.07) is 4.53. The summed E-state index contributed by atoms with van der Waals surface area (Å²) in [4.78, 5) is 36.5. The molecule has 1 fully saturated rings. The molecule has 2 N–H and O–H groups in total. The summed E-state index contributed by atoms with van der Waals surface area (Å²) < 4.78 is 37.9. The lowest BCUT2D eigenvalue weighted by molar-refractivity contribution is -0.143. The molecule has 0 bridgehead atoms. The van der Waals surface area contributed by atoms with Gasteiger partial charge in [0.2, 0.25) is 5.91 Å². The van der Waals surface area contributed by atoms with Crippen LogP contribution in [0.2, 0.25) is 0 Å². The number of likely N-dealkylation sites (tertiary alicyclic amines) is 1. The number of carbonyl (C=O) groups excluding carboxylic acids is 1. The highest BCUT2D eigenvalue weighted by atomic mass is 19.4. The zero-order valence-corrected chi connectivity index (χ0v) is 17.1. The van der Waals surface area contributed by atoms with E-state index in [9.17, 15) is 27.9 Å². The fourth-order valence-corrected chi connectivity index (χ4v) is 3.10. The highest BCUT2D eigenvalue weighted by Crippen LogP contribution is 2.29. The van der Waals surface area contributed by atoms with E-state index in [0.29, 0.717) is 24.9 Å². The largest absolute Gasteiger partial charge is 0.481 e. The van der Waals surface area contributed by atoms with Gasteiger partial charge in [-0.1, -0.05) is 12.1 Å². The van der Waals surface area contributed by atoms with E-state index < -0.39 is 29.6 Å². The molecule has 30 heavy (non-hydrogen) atoms. The zero-order valence-electron chi connectivity index (χ0n) is 17.1. The maximum absolute atomic E-state index is 12.6. The van der Waals surface area contributed by atoms with Gasteiger partial charge in [0.05, 0.1) is 17.9 Å². The molecule has 0 radical (unpaired) electrons. The van der Waals surface area contributed by atoms with Crippen molar-refractivity contribution in [2.24, 2.45) is 5.92 Å². The minimum absolute atomic E-state index is 0.0510. The van der Waals surface area contributed by atoms with Crippen LogP contribution < -0.4 is 0 Å². The molecular formula is C20H27F3N2O5. The summed E-state index contributed by atoms with van der Waals surface area (Å²) in [6.45, 7) is 1.62. The van der Waals surface area contributed by atoms with Crippen LogP contribution in [0.25, 0.3) is 0 Å². The summed E-state index contributed by atoms with van der Waals surface area (Å²) in [5, 5.41) is 16.7. The smallest absolute Gasteiger partial charge is 0.416 e. The number of likely N-dealkylation sites (N-methyl/N-ethyl adjacent to an activating group) is 1. The van der Waals surface area contributed by atoms with Crippen LogP contribution in [0.5, 0.6) is 0 Å². The Bertz CT molecular complexity index is 731. The minimum Gasteiger partial charge on any atom is -0.481 e. The number of hydrogen-bond acceptors (Lipinski definition) is 4. The van der Waals surface area contributed by atoms with E-state index >= 15 is 0 Å². The molecule has 7 nitrogen and oxygen atoms in total. The number of aliphatic carboxylic acids is 2. The molecule has 0 aliphatic carbocycles. The molecule has 0 aromatic heterocycles. The lowest BCUT2D eigenvalue weighted by atomic mass is 10.0. The van der Waals surface area contributed by atoms with Crippen molar-refractivity contribution in [1.82, 2.24) is 9.80 Å². The standard InChI is InChI=1S/C18H23F3N2O3.C2H4O2/c1-22(2)15-8-5-13(17(25)26)10-23(11-15)16(24)9-12-3-6-14(7-4-12)18(19,20)21;1-2(3)4/h3-4,6-7,13,15H,5,8-11H2,1-2H3,(H,25,26);1H3,(H,3,4)/t13-,15+;/m0./s1. The summed E-state index contributed by atoms with van der Waals surface area (Å²) in [5.74, 6) is -2.67. The minimum atomic E-state index is -4.42. The maximum atomic E-state index is 12.6. The van der Waals surface area contributed by atoms with Gasteiger partial charge in [0, 0.05) is 26.1 Å². The van der Waals surface area contributed by atoms with Crippen molar-refractivity contribution in [3.05, 3.63) is 35.4 Å². The average Bonchev–Trinajstić information content (AvgIpc) is 2.84. The lowest BCUT2D eigenvalue weighted by Gasteiger charge is -2.29. The van der Waals surface area contributed by atoms with Gasteiger partial charge in [-0.05, 0) is 44.6 Å². The van der Waals surface area contributed by atoms with Gasteiger partial charge in [-0.3, -0.25) is 14.4 Å². The number of carboxylic acid groups (broad SMARTS) is 2. The van der Waals surface area contributed by atoms with Crippen LogP contribution >= 0.6 is 0 Å². The SMILES string of the molecule is CC(=O)O.CN(C)[C@@H]1CC[C@H](C(=O)O)CN(C(=O)Cc2ccc(C(F)(F)F)cc2)C1. The van der Waals surface area contributed by atoms with Crippen molar-refractivity contribution in [1.29, 1.82) is 0 Å². The van der Waals surface area contributed by atoms with E-state index in [1.807, 2.05) is 19.0 Å². The van der Waals surface area contributed by atoms with Crippen LogP contribution in [0, 0.1) is 5.92 Å². The molecule has 2 atom stereocenters. The molecule has 0 unspecified atom stereocenters. The van der Waals surface area contributed by atoms with Gasteiger partial charge in [-0.25, -0.2) is 0 Å². The second kappa shape index (κ2) is 11.0. The fourth-order valence-electron chi connectivity index (χ4n) is 3.10. The molecule has 0 spiro atoms. The van der Waals surface area contributed by atoms with Crippen LogP contribution in [0.4, 0.5) is 13.2 Å². The van der Waals surface area contributed by atoms with E-state index in [2.05, 4.69) is 0 Å². The first-order valence-corrected chi connectivity index (χ1v) is 9.34. The summed E-state index contributed by atoms with van der Waals surface area (Å²) in [5.41, 5.74) is -0.289. The second-order valence-corrected chi connectivity index (χ2v) is 7.42. The molecule has 2 rings (SSSR count). The van der Waals surface area contributed by atoms with Crippen LogP contribution in [-0.4, -0.2) is 71.1 Å². The number of benzene rings is 1. The third kappa shape index (κ3) is 8.40. The van der Waals surface area contributed by atoms with Crippen molar-refractivity contribution in [2.75, 3.05) is 27.2 Å². The van der Waals surface area contributed by atoms with Crippen molar-refractivity contribution in [3.8, 4) is 0 Å². The number of amides is 1. The molecule has 1 saturated heterocycles. The summed E-state index contributed by atoms with van der Waals surface area (Å²) >= 11 is 0. The van der Waals surface area contributed by atoms with Gasteiger partial charge in [0.15, 0.2) is 0 Å². The van der Waals surface area contributed by atoms with Gasteiger partial charge in [-0.2, -0.15) is 13.2 Å². The van der Waals surface area contributed by atoms with Gasteiger partial charge >= 0.3 is 12.1 Å². The number of hydrogen-bond donors (Lipinski definition) is 2. The molecule has 1 heterocycles. The molecule has 1 aromatic rings. The van der Waals surface area contributed by atoms with Gasteiger partial charge in [0.1, 0.15) is 0 Å². The van der Waals surface area contributed by atoms with Crippen LogP contribution in [0.3, 0.4) is 0 Å². The Morgan fingerprint density at radius 1 is 1.07 bits per heavy atom. The highest BCUT2D eigenvalue weighted by molar-refractivity contribution is 5.80. The van der Waals surface area contributed by atoms with E-state index in [4.69, 9.17) is 9.90 Å². The fraction of sp³-hybridized carbons (Fsp3) is 0.550. The average molecular weight is 432 g/mol. The Kier molecular flexibility index (Phi) is 9.28. The van der Waals surface area contributed by atoms with Gasteiger partial charge in [-0.15, -0.1) is 0 Å². The first kappa shape index (κ1) is 25.4. The Balaban J connectivity index is 0.00000103. The second-order valence-electron chi connectivity index (χ2n) is 7.42. The number of carbonyl (C=O) groups is 3. The van der Waals surface area contributed by atoms with Crippen LogP contribution in [0.1, 0.15) is 30.9 Å². The third-order valence-electron chi connectivity index (χ3n) is 4.79. The normalized spacial score (nSPS) is 19.5. The first-order chi connectivity index (χ1) is 13.8. The quantitative estimate of drug-likeness (QED) is 0.759. The van der Waals surface area contributed by atoms with Crippen LogP contribution in [0.15, 0.2) is 24.3 Å². The number of rotatable bonds is 4. The number of halogens is 3. The molecule has 0 saturated carbocycles. The van der Waals surface area contributed by atoms with Crippen molar-refractivity contribution in [3.63, 3.8) is 0 Å². The Labute approximate surface area is 173 Å². The van der Waals surface area contributed by atoms with Crippen LogP contribution in [-0.2, 0) is 27.0 Å². The van der Waals surface area contributed by atoms with E-state index in [-0.39, 0.29) is 24.9 Å². The van der Waals surface area contributed by atoms with Crippen molar-refractivity contribution >= 4 is 17.8 Å². The molecule has 168 valence electrons. The van der Waals surface area contributed by atoms with E-state index in [1.54, 1.807) is 0 Å². The Hall–Kier alpha value is -2.62. The van der Waals surface area contributed by atoms with Gasteiger partial charge in [0.25, 0.3) is 5.97 Å². The summed E-state index contributed by atoms with van der Waals surface area (Å²) in [7, 11) is 3.76. The predicted molar refractivity (Wildman–Crippen MR) is 103 cm³/mol. The maximum Gasteiger partial charge on any atom is 0.416 e. The highest BCUT2D eigenvalue weighted by Gasteiger charge is 2.32. The predicted octanol–water partition coefficient (Wildman–Crippen LogP) is 2.59. The molecule has 1 aliphatic rings. The monoisotopic (exact) mass is 432 g/mol. The molecule has 1 amide bonds. The zero-order chi connectivity index (χ0) is 23.1. The summed E-state index contributed by atoms with van der Waals surface area (Å²) in [6.07, 6.45) is -3.30. The molecule has 10 heteroatoms.